The van der Waals surface area contributed by atoms with Gasteiger partial charge in [-0.2, -0.15) is 0 Å². The highest BCUT2D eigenvalue weighted by atomic mass is 16.2. The SMILES string of the molecule is CC(=O)c1ccc(CC(=O)N2CCC(N3CCNCC3)C2)cc1. The summed E-state index contributed by atoms with van der Waals surface area (Å²) in [6.07, 6.45) is 1.50. The smallest absolute Gasteiger partial charge is 0.227 e. The van der Waals surface area contributed by atoms with Crippen molar-refractivity contribution in [2.75, 3.05) is 39.3 Å². The summed E-state index contributed by atoms with van der Waals surface area (Å²) in [7, 11) is 0. The Morgan fingerprint density at radius 3 is 2.48 bits per heavy atom. The molecule has 3 rings (SSSR count). The van der Waals surface area contributed by atoms with Gasteiger partial charge in [0.2, 0.25) is 5.91 Å². The molecule has 1 aromatic carbocycles. The summed E-state index contributed by atoms with van der Waals surface area (Å²) in [4.78, 5) is 28.3. The summed E-state index contributed by atoms with van der Waals surface area (Å²) < 4.78 is 0. The van der Waals surface area contributed by atoms with Gasteiger partial charge in [-0.25, -0.2) is 0 Å². The van der Waals surface area contributed by atoms with Gasteiger partial charge >= 0.3 is 0 Å². The van der Waals surface area contributed by atoms with Crippen LogP contribution in [0, 0.1) is 0 Å². The lowest BCUT2D eigenvalue weighted by molar-refractivity contribution is -0.129. The molecule has 5 heteroatoms. The third-order valence-corrected chi connectivity index (χ3v) is 4.90. The molecular weight excluding hydrogens is 290 g/mol. The van der Waals surface area contributed by atoms with Gasteiger partial charge in [0.25, 0.3) is 0 Å². The number of ketones is 1. The molecule has 0 aliphatic carbocycles. The van der Waals surface area contributed by atoms with E-state index >= 15 is 0 Å². The Bertz CT molecular complexity index is 564. The highest BCUT2D eigenvalue weighted by molar-refractivity contribution is 5.94. The maximum atomic E-state index is 12.5. The lowest BCUT2D eigenvalue weighted by Gasteiger charge is -2.32. The summed E-state index contributed by atoms with van der Waals surface area (Å²) in [6, 6.07) is 7.90. The molecule has 1 unspecified atom stereocenters. The van der Waals surface area contributed by atoms with Crippen molar-refractivity contribution < 1.29 is 9.59 Å². The highest BCUT2D eigenvalue weighted by Gasteiger charge is 2.30. The van der Waals surface area contributed by atoms with E-state index in [4.69, 9.17) is 0 Å². The molecule has 2 heterocycles. The zero-order valence-corrected chi connectivity index (χ0v) is 13.8. The minimum atomic E-state index is 0.0567. The van der Waals surface area contributed by atoms with E-state index in [0.717, 1.165) is 51.3 Å². The Morgan fingerprint density at radius 1 is 1.13 bits per heavy atom. The van der Waals surface area contributed by atoms with Crippen LogP contribution in [0.3, 0.4) is 0 Å². The topological polar surface area (TPSA) is 52.7 Å². The molecule has 2 saturated heterocycles. The Labute approximate surface area is 137 Å². The van der Waals surface area contributed by atoms with Crippen molar-refractivity contribution >= 4 is 11.7 Å². The fourth-order valence-electron chi connectivity index (χ4n) is 3.46. The number of rotatable bonds is 4. The second-order valence-corrected chi connectivity index (χ2v) is 6.50. The number of nitrogens with one attached hydrogen (secondary N) is 1. The van der Waals surface area contributed by atoms with Gasteiger partial charge in [-0.1, -0.05) is 24.3 Å². The second kappa shape index (κ2) is 7.23. The maximum Gasteiger partial charge on any atom is 0.227 e. The number of hydrogen-bond donors (Lipinski definition) is 1. The van der Waals surface area contributed by atoms with Crippen LogP contribution in [0.4, 0.5) is 0 Å². The Balaban J connectivity index is 1.53. The van der Waals surface area contributed by atoms with Gasteiger partial charge < -0.3 is 10.2 Å². The molecule has 0 saturated carbocycles. The Morgan fingerprint density at radius 2 is 1.83 bits per heavy atom. The van der Waals surface area contributed by atoms with Gasteiger partial charge in [-0.3, -0.25) is 14.5 Å². The summed E-state index contributed by atoms with van der Waals surface area (Å²) in [5, 5.41) is 3.37. The van der Waals surface area contributed by atoms with Crippen LogP contribution < -0.4 is 5.32 Å². The fraction of sp³-hybridized carbons (Fsp3) is 0.556. The number of piperazine rings is 1. The van der Waals surface area contributed by atoms with E-state index in [0.29, 0.717) is 18.0 Å². The molecule has 1 amide bonds. The van der Waals surface area contributed by atoms with Crippen LogP contribution in [0.15, 0.2) is 24.3 Å². The molecule has 1 N–H and O–H groups in total. The predicted molar refractivity (Wildman–Crippen MR) is 89.6 cm³/mol. The first-order valence-electron chi connectivity index (χ1n) is 8.46. The Kier molecular flexibility index (Phi) is 5.08. The van der Waals surface area contributed by atoms with Crippen LogP contribution in [0.2, 0.25) is 0 Å². The van der Waals surface area contributed by atoms with Crippen molar-refractivity contribution in [1.82, 2.24) is 15.1 Å². The molecular formula is C18H25N3O2. The highest BCUT2D eigenvalue weighted by Crippen LogP contribution is 2.17. The first-order chi connectivity index (χ1) is 11.1. The van der Waals surface area contributed by atoms with Crippen LogP contribution in [-0.4, -0.2) is 66.8 Å². The van der Waals surface area contributed by atoms with Gasteiger partial charge in [-0.15, -0.1) is 0 Å². The van der Waals surface area contributed by atoms with E-state index in [1.807, 2.05) is 17.0 Å². The van der Waals surface area contributed by atoms with Crippen molar-refractivity contribution in [2.45, 2.75) is 25.8 Å². The number of benzene rings is 1. The lowest BCUT2D eigenvalue weighted by atomic mass is 10.1. The number of likely N-dealkylation sites (tertiary alicyclic amines) is 1. The second-order valence-electron chi connectivity index (χ2n) is 6.50. The van der Waals surface area contributed by atoms with E-state index in [-0.39, 0.29) is 11.7 Å². The lowest BCUT2D eigenvalue weighted by Crippen LogP contribution is -2.49. The average molecular weight is 315 g/mol. The standard InChI is InChI=1S/C18H25N3O2/c1-14(22)16-4-2-15(3-5-16)12-18(23)21-9-6-17(13-21)20-10-7-19-8-11-20/h2-5,17,19H,6-13H2,1H3. The van der Waals surface area contributed by atoms with Crippen molar-refractivity contribution in [2.24, 2.45) is 0 Å². The molecule has 2 aliphatic heterocycles. The molecule has 2 aliphatic rings. The molecule has 1 atom stereocenters. The maximum absolute atomic E-state index is 12.5. The zero-order valence-electron chi connectivity index (χ0n) is 13.8. The third-order valence-electron chi connectivity index (χ3n) is 4.90. The normalized spacial score (nSPS) is 22.3. The molecule has 0 spiro atoms. The first kappa shape index (κ1) is 16.1. The molecule has 2 fully saturated rings. The van der Waals surface area contributed by atoms with Crippen molar-refractivity contribution in [3.8, 4) is 0 Å². The molecule has 0 bridgehead atoms. The number of amides is 1. The predicted octanol–water partition coefficient (Wildman–Crippen LogP) is 0.938. The number of Topliss-reactive ketones (excluding diaryl/α,β-unsaturated/α-hetero) is 1. The van der Waals surface area contributed by atoms with Crippen LogP contribution >= 0.6 is 0 Å². The molecule has 23 heavy (non-hydrogen) atoms. The number of nitrogens with zero attached hydrogens (tertiary/aromatic N) is 2. The average Bonchev–Trinajstić information content (AvgIpc) is 3.06. The van der Waals surface area contributed by atoms with Crippen molar-refractivity contribution in [1.29, 1.82) is 0 Å². The van der Waals surface area contributed by atoms with Gasteiger partial charge in [0.1, 0.15) is 0 Å². The van der Waals surface area contributed by atoms with Crippen LogP contribution in [0.25, 0.3) is 0 Å². The molecule has 0 aromatic heterocycles. The summed E-state index contributed by atoms with van der Waals surface area (Å²) in [6.45, 7) is 7.53. The number of carbonyl (C=O) groups excluding carboxylic acids is 2. The molecule has 1 aromatic rings. The van der Waals surface area contributed by atoms with Crippen molar-refractivity contribution in [3.63, 3.8) is 0 Å². The summed E-state index contributed by atoms with van der Waals surface area (Å²) in [5.74, 6) is 0.250. The number of carbonyl (C=O) groups is 2. The van der Waals surface area contributed by atoms with Gasteiger partial charge in [-0.05, 0) is 18.9 Å². The first-order valence-corrected chi connectivity index (χ1v) is 8.46. The van der Waals surface area contributed by atoms with Gasteiger partial charge in [0.15, 0.2) is 5.78 Å². The molecule has 124 valence electrons. The fourth-order valence-corrected chi connectivity index (χ4v) is 3.46. The minimum absolute atomic E-state index is 0.0567. The minimum Gasteiger partial charge on any atom is -0.341 e. The summed E-state index contributed by atoms with van der Waals surface area (Å²) in [5.41, 5.74) is 1.67. The van der Waals surface area contributed by atoms with E-state index in [2.05, 4.69) is 10.2 Å². The Hall–Kier alpha value is -1.72. The summed E-state index contributed by atoms with van der Waals surface area (Å²) >= 11 is 0. The zero-order chi connectivity index (χ0) is 16.2. The largest absolute Gasteiger partial charge is 0.341 e. The van der Waals surface area contributed by atoms with E-state index < -0.39 is 0 Å². The van der Waals surface area contributed by atoms with E-state index in [1.165, 1.54) is 0 Å². The van der Waals surface area contributed by atoms with E-state index in [1.54, 1.807) is 19.1 Å². The van der Waals surface area contributed by atoms with Crippen molar-refractivity contribution in [3.05, 3.63) is 35.4 Å². The van der Waals surface area contributed by atoms with Crippen LogP contribution in [0.5, 0.6) is 0 Å². The molecule has 0 radical (unpaired) electrons. The number of hydrogen-bond acceptors (Lipinski definition) is 4. The quantitative estimate of drug-likeness (QED) is 0.840. The monoisotopic (exact) mass is 315 g/mol. The third kappa shape index (κ3) is 3.98. The van der Waals surface area contributed by atoms with Gasteiger partial charge in [0, 0.05) is 50.9 Å². The van der Waals surface area contributed by atoms with Crippen LogP contribution in [0.1, 0.15) is 29.3 Å². The van der Waals surface area contributed by atoms with Gasteiger partial charge in [0.05, 0.1) is 6.42 Å². The van der Waals surface area contributed by atoms with E-state index in [9.17, 15) is 9.59 Å². The van der Waals surface area contributed by atoms with Crippen LogP contribution in [-0.2, 0) is 11.2 Å². The molecule has 5 nitrogen and oxygen atoms in total.